The number of hydrogen-bond acceptors (Lipinski definition) is 3. The minimum Gasteiger partial charge on any atom is -0.379 e. The van der Waals surface area contributed by atoms with E-state index in [1.807, 2.05) is 0 Å². The summed E-state index contributed by atoms with van der Waals surface area (Å²) in [7, 11) is 2.10. The van der Waals surface area contributed by atoms with Gasteiger partial charge in [-0.05, 0) is 32.4 Å². The molecule has 2 unspecified atom stereocenters. The van der Waals surface area contributed by atoms with Gasteiger partial charge in [-0.25, -0.2) is 0 Å². The fourth-order valence-electron chi connectivity index (χ4n) is 1.56. The first-order valence-corrected chi connectivity index (χ1v) is 3.80. The normalized spacial score (nSPS) is 30.9. The molecule has 0 aromatic carbocycles. The Labute approximate surface area is 61.8 Å². The molecule has 0 aromatic heterocycles. The van der Waals surface area contributed by atoms with Crippen LogP contribution in [-0.2, 0) is 0 Å². The van der Waals surface area contributed by atoms with E-state index in [1.54, 1.807) is 0 Å². The zero-order chi connectivity index (χ0) is 7.56. The first kappa shape index (κ1) is 7.98. The second-order valence-electron chi connectivity index (χ2n) is 3.22. The molecule has 3 heteroatoms. The third kappa shape index (κ3) is 2.25. The van der Waals surface area contributed by atoms with Crippen molar-refractivity contribution in [2.45, 2.75) is 19.1 Å². The molecular weight excluding hydrogens is 128 g/mol. The topological polar surface area (TPSA) is 49.5 Å². The molecule has 1 rings (SSSR count). The fraction of sp³-hybridized carbons (Fsp3) is 1.00. The zero-order valence-electron chi connectivity index (χ0n) is 6.45. The Bertz CT molecular complexity index is 106. The lowest BCUT2D eigenvalue weighted by Gasteiger charge is -2.11. The Morgan fingerprint density at radius 3 is 2.90 bits per heavy atom. The average Bonchev–Trinajstić information content (AvgIpc) is 2.13. The van der Waals surface area contributed by atoms with Crippen molar-refractivity contribution >= 4 is 0 Å². The van der Waals surface area contributed by atoms with Crippen LogP contribution in [0, 0.1) is 5.92 Å². The third-order valence-corrected chi connectivity index (χ3v) is 2.06. The highest BCUT2D eigenvalue weighted by Gasteiger charge is 2.20. The molecule has 0 bridgehead atoms. The van der Waals surface area contributed by atoms with Gasteiger partial charge in [0.2, 0.25) is 0 Å². The minimum absolute atomic E-state index is 0.614. The number of aliphatic hydroxyl groups excluding tert-OH is 1. The van der Waals surface area contributed by atoms with Gasteiger partial charge in [-0.3, -0.25) is 0 Å². The van der Waals surface area contributed by atoms with Crippen LogP contribution in [0.15, 0.2) is 0 Å². The summed E-state index contributed by atoms with van der Waals surface area (Å²) in [5.74, 6) is 0.616. The Hall–Kier alpha value is -0.120. The monoisotopic (exact) mass is 144 g/mol. The van der Waals surface area contributed by atoms with Gasteiger partial charge in [0, 0.05) is 6.54 Å². The molecule has 0 spiro atoms. The fourth-order valence-corrected chi connectivity index (χ4v) is 1.56. The van der Waals surface area contributed by atoms with Crippen LogP contribution in [0.4, 0.5) is 0 Å². The summed E-state index contributed by atoms with van der Waals surface area (Å²) in [6, 6.07) is 0. The second kappa shape index (κ2) is 3.32. The van der Waals surface area contributed by atoms with E-state index in [4.69, 9.17) is 10.8 Å². The predicted octanol–water partition coefficient (Wildman–Crippen LogP) is -0.395. The van der Waals surface area contributed by atoms with Crippen LogP contribution < -0.4 is 5.73 Å². The number of nitrogens with zero attached hydrogens (tertiary/aromatic N) is 1. The van der Waals surface area contributed by atoms with Gasteiger partial charge in [0.25, 0.3) is 0 Å². The van der Waals surface area contributed by atoms with Crippen LogP contribution in [0.5, 0.6) is 0 Å². The van der Waals surface area contributed by atoms with Crippen LogP contribution >= 0.6 is 0 Å². The maximum Gasteiger partial charge on any atom is 0.102 e. The van der Waals surface area contributed by atoms with E-state index >= 15 is 0 Å². The third-order valence-electron chi connectivity index (χ3n) is 2.06. The minimum atomic E-state index is -0.614. The molecule has 0 saturated carbocycles. The number of nitrogens with two attached hydrogens (primary N) is 1. The Morgan fingerprint density at radius 2 is 2.50 bits per heavy atom. The molecule has 3 nitrogen and oxygen atoms in total. The van der Waals surface area contributed by atoms with Crippen LogP contribution in [0.1, 0.15) is 12.8 Å². The zero-order valence-corrected chi connectivity index (χ0v) is 6.45. The van der Waals surface area contributed by atoms with Gasteiger partial charge >= 0.3 is 0 Å². The van der Waals surface area contributed by atoms with Gasteiger partial charge in [-0.1, -0.05) is 0 Å². The maximum atomic E-state index is 8.86. The van der Waals surface area contributed by atoms with Crippen molar-refractivity contribution in [3.63, 3.8) is 0 Å². The number of likely N-dealkylation sites (tertiary alicyclic amines) is 1. The molecular formula is C7H16N2O. The van der Waals surface area contributed by atoms with Crippen molar-refractivity contribution in [3.8, 4) is 0 Å². The summed E-state index contributed by atoms with van der Waals surface area (Å²) in [5.41, 5.74) is 5.25. The Kier molecular flexibility index (Phi) is 2.65. The number of aliphatic hydroxyl groups is 1. The summed E-state index contributed by atoms with van der Waals surface area (Å²) in [6.45, 7) is 2.24. The van der Waals surface area contributed by atoms with E-state index < -0.39 is 6.23 Å². The van der Waals surface area contributed by atoms with E-state index in [0.29, 0.717) is 5.92 Å². The lowest BCUT2D eigenvalue weighted by Crippen LogP contribution is -2.24. The van der Waals surface area contributed by atoms with Crippen LogP contribution in [0.2, 0.25) is 0 Å². The molecule has 0 aromatic rings. The van der Waals surface area contributed by atoms with E-state index in [0.717, 1.165) is 19.5 Å². The largest absolute Gasteiger partial charge is 0.379 e. The van der Waals surface area contributed by atoms with E-state index in [-0.39, 0.29) is 0 Å². The van der Waals surface area contributed by atoms with Crippen LogP contribution in [0.25, 0.3) is 0 Å². The number of hydrogen-bond donors (Lipinski definition) is 2. The van der Waals surface area contributed by atoms with Gasteiger partial charge in [0.1, 0.15) is 6.23 Å². The first-order valence-electron chi connectivity index (χ1n) is 3.80. The highest BCUT2D eigenvalue weighted by atomic mass is 16.3. The molecule has 0 aliphatic carbocycles. The molecule has 1 fully saturated rings. The van der Waals surface area contributed by atoms with E-state index in [2.05, 4.69) is 11.9 Å². The summed E-state index contributed by atoms with van der Waals surface area (Å²) < 4.78 is 0. The second-order valence-corrected chi connectivity index (χ2v) is 3.22. The van der Waals surface area contributed by atoms with Crippen molar-refractivity contribution < 1.29 is 5.11 Å². The van der Waals surface area contributed by atoms with Crippen LogP contribution in [-0.4, -0.2) is 36.4 Å². The summed E-state index contributed by atoms with van der Waals surface area (Å²) >= 11 is 0. The molecule has 1 aliphatic heterocycles. The Morgan fingerprint density at radius 1 is 1.80 bits per heavy atom. The standard InChI is InChI=1S/C7H16N2O/c1-9-3-2-6(5-9)4-7(8)10/h6-7,10H,2-5,8H2,1H3. The molecule has 60 valence electrons. The van der Waals surface area contributed by atoms with Crippen molar-refractivity contribution in [2.75, 3.05) is 20.1 Å². The average molecular weight is 144 g/mol. The first-order chi connectivity index (χ1) is 4.68. The quantitative estimate of drug-likeness (QED) is 0.519. The SMILES string of the molecule is CN1CCC(CC(N)O)C1. The lowest BCUT2D eigenvalue weighted by molar-refractivity contribution is 0.150. The van der Waals surface area contributed by atoms with Gasteiger partial charge in [0.15, 0.2) is 0 Å². The highest BCUT2D eigenvalue weighted by Crippen LogP contribution is 2.17. The van der Waals surface area contributed by atoms with Gasteiger partial charge in [0.05, 0.1) is 0 Å². The molecule has 1 saturated heterocycles. The summed E-state index contributed by atoms with van der Waals surface area (Å²) in [4.78, 5) is 2.27. The molecule has 2 atom stereocenters. The molecule has 1 aliphatic rings. The predicted molar refractivity (Wildman–Crippen MR) is 40.4 cm³/mol. The van der Waals surface area contributed by atoms with Crippen molar-refractivity contribution in [3.05, 3.63) is 0 Å². The molecule has 1 heterocycles. The van der Waals surface area contributed by atoms with Crippen LogP contribution in [0.3, 0.4) is 0 Å². The molecule has 3 N–H and O–H groups in total. The summed E-state index contributed by atoms with van der Waals surface area (Å²) in [5, 5.41) is 8.86. The van der Waals surface area contributed by atoms with Gasteiger partial charge in [-0.15, -0.1) is 0 Å². The highest BCUT2D eigenvalue weighted by molar-refractivity contribution is 4.73. The number of rotatable bonds is 2. The van der Waals surface area contributed by atoms with Crippen molar-refractivity contribution in [2.24, 2.45) is 11.7 Å². The molecule has 0 radical (unpaired) electrons. The van der Waals surface area contributed by atoms with Crippen molar-refractivity contribution in [1.29, 1.82) is 0 Å². The molecule has 0 amide bonds. The van der Waals surface area contributed by atoms with E-state index in [9.17, 15) is 0 Å². The smallest absolute Gasteiger partial charge is 0.102 e. The van der Waals surface area contributed by atoms with Crippen molar-refractivity contribution in [1.82, 2.24) is 4.90 Å². The van der Waals surface area contributed by atoms with Gasteiger partial charge in [-0.2, -0.15) is 0 Å². The van der Waals surface area contributed by atoms with E-state index in [1.165, 1.54) is 6.42 Å². The van der Waals surface area contributed by atoms with Gasteiger partial charge < -0.3 is 15.7 Å². The maximum absolute atomic E-state index is 8.86. The Balaban J connectivity index is 2.18. The molecule has 10 heavy (non-hydrogen) atoms. The summed E-state index contributed by atoms with van der Waals surface area (Å²) in [6.07, 6.45) is 1.33. The lowest BCUT2D eigenvalue weighted by atomic mass is 10.0.